The third-order valence-electron chi connectivity index (χ3n) is 3.19. The fraction of sp³-hybridized carbons (Fsp3) is 0.125. The number of ether oxygens (including phenoxy) is 1. The lowest BCUT2D eigenvalue weighted by Crippen LogP contribution is -1.96. The molecule has 2 aromatic carbocycles. The Kier molecular flexibility index (Phi) is 4.01. The molecule has 3 aromatic rings. The molecule has 0 amide bonds. The summed E-state index contributed by atoms with van der Waals surface area (Å²) in [6, 6.07) is 13.6. The highest BCUT2D eigenvalue weighted by Crippen LogP contribution is 2.19. The van der Waals surface area contributed by atoms with Gasteiger partial charge in [0.25, 0.3) is 11.6 Å². The first-order valence-electron chi connectivity index (χ1n) is 6.89. The van der Waals surface area contributed by atoms with Gasteiger partial charge in [0.05, 0.1) is 4.92 Å². The van der Waals surface area contributed by atoms with Crippen LogP contribution in [-0.4, -0.2) is 15.1 Å². The molecule has 7 heteroatoms. The summed E-state index contributed by atoms with van der Waals surface area (Å²) in [5, 5.41) is 14.5. The molecular weight excluding hydrogens is 298 g/mol. The molecule has 0 unspecified atom stereocenters. The summed E-state index contributed by atoms with van der Waals surface area (Å²) in [6.45, 7) is 2.10. The van der Waals surface area contributed by atoms with E-state index in [1.807, 2.05) is 31.2 Å². The third kappa shape index (κ3) is 3.52. The summed E-state index contributed by atoms with van der Waals surface area (Å²) in [6.07, 6.45) is 0. The Balaban J connectivity index is 1.65. The molecule has 0 bridgehead atoms. The van der Waals surface area contributed by atoms with Gasteiger partial charge in [0, 0.05) is 17.7 Å². The van der Waals surface area contributed by atoms with Gasteiger partial charge in [-0.2, -0.15) is 4.98 Å². The van der Waals surface area contributed by atoms with E-state index in [9.17, 15) is 10.1 Å². The SMILES string of the molecule is Cc1ccc(-c2noc(COc3ccc([N+](=O)[O-])cc3)n2)cc1. The molecule has 0 spiro atoms. The maximum absolute atomic E-state index is 10.6. The van der Waals surface area contributed by atoms with Gasteiger partial charge in [0.1, 0.15) is 5.75 Å². The third-order valence-corrected chi connectivity index (χ3v) is 3.19. The number of aromatic nitrogens is 2. The van der Waals surface area contributed by atoms with Gasteiger partial charge in [-0.15, -0.1) is 0 Å². The molecule has 116 valence electrons. The molecular formula is C16H13N3O4. The van der Waals surface area contributed by atoms with Gasteiger partial charge in [-0.1, -0.05) is 35.0 Å². The highest BCUT2D eigenvalue weighted by molar-refractivity contribution is 5.54. The Morgan fingerprint density at radius 2 is 1.83 bits per heavy atom. The molecule has 0 radical (unpaired) electrons. The second kappa shape index (κ2) is 6.27. The highest BCUT2D eigenvalue weighted by atomic mass is 16.6. The van der Waals surface area contributed by atoms with E-state index < -0.39 is 4.92 Å². The maximum Gasteiger partial charge on any atom is 0.269 e. The minimum absolute atomic E-state index is 0.0109. The Labute approximate surface area is 131 Å². The van der Waals surface area contributed by atoms with Crippen molar-refractivity contribution in [1.82, 2.24) is 10.1 Å². The average molecular weight is 311 g/mol. The van der Waals surface area contributed by atoms with Gasteiger partial charge in [0.2, 0.25) is 5.82 Å². The topological polar surface area (TPSA) is 91.3 Å². The van der Waals surface area contributed by atoms with Crippen molar-refractivity contribution >= 4 is 5.69 Å². The molecule has 0 aliphatic carbocycles. The first-order valence-corrected chi connectivity index (χ1v) is 6.89. The van der Waals surface area contributed by atoms with Crippen molar-refractivity contribution in [3.05, 3.63) is 70.1 Å². The molecule has 1 heterocycles. The lowest BCUT2D eigenvalue weighted by atomic mass is 10.1. The summed E-state index contributed by atoms with van der Waals surface area (Å²) in [7, 11) is 0. The summed E-state index contributed by atoms with van der Waals surface area (Å²) < 4.78 is 10.6. The first kappa shape index (κ1) is 14.7. The van der Waals surface area contributed by atoms with Crippen molar-refractivity contribution in [2.24, 2.45) is 0 Å². The Bertz CT molecular complexity index is 810. The zero-order valence-electron chi connectivity index (χ0n) is 12.3. The van der Waals surface area contributed by atoms with Crippen LogP contribution >= 0.6 is 0 Å². The normalized spacial score (nSPS) is 10.5. The number of hydrogen-bond acceptors (Lipinski definition) is 6. The Morgan fingerprint density at radius 1 is 1.13 bits per heavy atom. The summed E-state index contributed by atoms with van der Waals surface area (Å²) >= 11 is 0. The summed E-state index contributed by atoms with van der Waals surface area (Å²) in [5.74, 6) is 1.32. The van der Waals surface area contributed by atoms with Crippen LogP contribution in [0.5, 0.6) is 5.75 Å². The molecule has 0 saturated heterocycles. The number of hydrogen-bond donors (Lipinski definition) is 0. The molecule has 23 heavy (non-hydrogen) atoms. The van der Waals surface area contributed by atoms with Crippen LogP contribution in [0.3, 0.4) is 0 Å². The van der Waals surface area contributed by atoms with Crippen LogP contribution in [0.4, 0.5) is 5.69 Å². The summed E-state index contributed by atoms with van der Waals surface area (Å²) in [5.41, 5.74) is 2.02. The van der Waals surface area contributed by atoms with Crippen molar-refractivity contribution in [2.45, 2.75) is 13.5 Å². The smallest absolute Gasteiger partial charge is 0.269 e. The minimum Gasteiger partial charge on any atom is -0.484 e. The van der Waals surface area contributed by atoms with Crippen molar-refractivity contribution in [3.63, 3.8) is 0 Å². The molecule has 7 nitrogen and oxygen atoms in total. The number of nitro benzene ring substituents is 1. The van der Waals surface area contributed by atoms with Crippen molar-refractivity contribution in [2.75, 3.05) is 0 Å². The van der Waals surface area contributed by atoms with Gasteiger partial charge in [-0.25, -0.2) is 0 Å². The van der Waals surface area contributed by atoms with E-state index in [-0.39, 0.29) is 12.3 Å². The molecule has 0 fully saturated rings. The fourth-order valence-electron chi connectivity index (χ4n) is 1.94. The minimum atomic E-state index is -0.463. The van der Waals surface area contributed by atoms with Crippen LogP contribution in [0, 0.1) is 17.0 Å². The second-order valence-electron chi connectivity index (χ2n) is 4.92. The van der Waals surface area contributed by atoms with Crippen molar-refractivity contribution < 1.29 is 14.2 Å². The molecule has 0 aliphatic heterocycles. The van der Waals surface area contributed by atoms with Crippen molar-refractivity contribution in [3.8, 4) is 17.1 Å². The monoisotopic (exact) mass is 311 g/mol. The molecule has 0 saturated carbocycles. The first-order chi connectivity index (χ1) is 11.1. The van der Waals surface area contributed by atoms with Crippen LogP contribution in [-0.2, 0) is 6.61 Å². The number of benzene rings is 2. The quantitative estimate of drug-likeness (QED) is 0.528. The number of aryl methyl sites for hydroxylation is 1. The predicted octanol–water partition coefficient (Wildman–Crippen LogP) is 3.53. The van der Waals surface area contributed by atoms with Gasteiger partial charge in [-0.05, 0) is 19.1 Å². The fourth-order valence-corrected chi connectivity index (χ4v) is 1.94. The van der Waals surface area contributed by atoms with Crippen LogP contribution in [0.1, 0.15) is 11.5 Å². The number of rotatable bonds is 5. The van der Waals surface area contributed by atoms with E-state index in [4.69, 9.17) is 9.26 Å². The molecule has 1 aromatic heterocycles. The van der Waals surface area contributed by atoms with E-state index in [1.54, 1.807) is 0 Å². The lowest BCUT2D eigenvalue weighted by Gasteiger charge is -2.01. The Hall–Kier alpha value is -3.22. The molecule has 0 aliphatic rings. The van der Waals surface area contributed by atoms with E-state index in [0.717, 1.165) is 11.1 Å². The zero-order chi connectivity index (χ0) is 16.2. The Morgan fingerprint density at radius 3 is 2.48 bits per heavy atom. The van der Waals surface area contributed by atoms with Crippen LogP contribution < -0.4 is 4.74 Å². The molecule has 0 N–H and O–H groups in total. The van der Waals surface area contributed by atoms with E-state index in [1.165, 1.54) is 24.3 Å². The molecule has 0 atom stereocenters. The predicted molar refractivity (Wildman–Crippen MR) is 81.9 cm³/mol. The maximum atomic E-state index is 10.6. The van der Waals surface area contributed by atoms with Gasteiger partial charge in [-0.3, -0.25) is 10.1 Å². The standard InChI is InChI=1S/C16H13N3O4/c1-11-2-4-12(5-3-11)16-17-15(23-18-16)10-22-14-8-6-13(7-9-14)19(20)21/h2-9H,10H2,1H3. The second-order valence-corrected chi connectivity index (χ2v) is 4.92. The van der Waals surface area contributed by atoms with Crippen LogP contribution in [0.25, 0.3) is 11.4 Å². The van der Waals surface area contributed by atoms with Gasteiger partial charge < -0.3 is 9.26 Å². The molecule has 3 rings (SSSR count). The highest BCUT2D eigenvalue weighted by Gasteiger charge is 2.10. The number of non-ortho nitro benzene ring substituents is 1. The van der Waals surface area contributed by atoms with Crippen LogP contribution in [0.15, 0.2) is 53.1 Å². The lowest BCUT2D eigenvalue weighted by molar-refractivity contribution is -0.384. The van der Waals surface area contributed by atoms with Crippen molar-refractivity contribution in [1.29, 1.82) is 0 Å². The number of nitro groups is 1. The van der Waals surface area contributed by atoms with E-state index in [2.05, 4.69) is 10.1 Å². The van der Waals surface area contributed by atoms with Crippen LogP contribution in [0.2, 0.25) is 0 Å². The van der Waals surface area contributed by atoms with E-state index >= 15 is 0 Å². The van der Waals surface area contributed by atoms with Gasteiger partial charge >= 0.3 is 0 Å². The zero-order valence-corrected chi connectivity index (χ0v) is 12.3. The summed E-state index contributed by atoms with van der Waals surface area (Å²) in [4.78, 5) is 14.4. The van der Waals surface area contributed by atoms with E-state index in [0.29, 0.717) is 17.5 Å². The average Bonchev–Trinajstić information content (AvgIpc) is 3.03. The van der Waals surface area contributed by atoms with Gasteiger partial charge in [0.15, 0.2) is 6.61 Å². The largest absolute Gasteiger partial charge is 0.484 e. The number of nitrogens with zero attached hydrogens (tertiary/aromatic N) is 3.